The van der Waals surface area contributed by atoms with Crippen LogP contribution in [0.1, 0.15) is 38.2 Å². The van der Waals surface area contributed by atoms with Crippen LogP contribution in [-0.4, -0.2) is 55.1 Å². The summed E-state index contributed by atoms with van der Waals surface area (Å²) in [5.74, 6) is -0.0564. The van der Waals surface area contributed by atoms with Crippen LogP contribution in [0.3, 0.4) is 0 Å². The van der Waals surface area contributed by atoms with Gasteiger partial charge in [-0.2, -0.15) is 0 Å². The first-order chi connectivity index (χ1) is 11.7. The zero-order valence-electron chi connectivity index (χ0n) is 14.7. The summed E-state index contributed by atoms with van der Waals surface area (Å²) in [6.45, 7) is 9.11. The predicted molar refractivity (Wildman–Crippen MR) is 101 cm³/mol. The van der Waals surface area contributed by atoms with Gasteiger partial charge in [-0.25, -0.2) is 0 Å². The van der Waals surface area contributed by atoms with Crippen molar-refractivity contribution in [1.82, 2.24) is 9.80 Å². The molecule has 0 unspecified atom stereocenters. The van der Waals surface area contributed by atoms with Crippen molar-refractivity contribution in [3.05, 3.63) is 34.3 Å². The summed E-state index contributed by atoms with van der Waals surface area (Å²) >= 11 is 3.48. The quantitative estimate of drug-likeness (QED) is 0.470. The van der Waals surface area contributed by atoms with Gasteiger partial charge in [-0.05, 0) is 44.0 Å². The van der Waals surface area contributed by atoms with Gasteiger partial charge >= 0.3 is 5.97 Å². The van der Waals surface area contributed by atoms with Gasteiger partial charge in [-0.15, -0.1) is 0 Å². The molecule has 24 heavy (non-hydrogen) atoms. The number of piperazine rings is 1. The van der Waals surface area contributed by atoms with Gasteiger partial charge in [0.15, 0.2) is 0 Å². The number of nitrogens with zero attached hydrogens (tertiary/aromatic N) is 2. The summed E-state index contributed by atoms with van der Waals surface area (Å²) in [6, 6.07) is 8.61. The minimum absolute atomic E-state index is 0.0564. The van der Waals surface area contributed by atoms with Crippen LogP contribution >= 0.6 is 15.9 Å². The lowest BCUT2D eigenvalue weighted by Gasteiger charge is -2.34. The molecule has 1 aromatic carbocycles. The van der Waals surface area contributed by atoms with Crippen molar-refractivity contribution in [2.45, 2.75) is 39.2 Å². The highest BCUT2D eigenvalue weighted by molar-refractivity contribution is 9.10. The van der Waals surface area contributed by atoms with Gasteiger partial charge in [0.05, 0.1) is 6.61 Å². The summed E-state index contributed by atoms with van der Waals surface area (Å²) in [6.07, 6.45) is 3.79. The molecule has 0 aromatic heterocycles. The van der Waals surface area contributed by atoms with Gasteiger partial charge in [-0.3, -0.25) is 9.69 Å². The molecule has 1 aliphatic rings. The third kappa shape index (κ3) is 7.32. The molecule has 2 rings (SSSR count). The monoisotopic (exact) mass is 396 g/mol. The van der Waals surface area contributed by atoms with Gasteiger partial charge in [0, 0.05) is 43.6 Å². The average molecular weight is 397 g/mol. The van der Waals surface area contributed by atoms with E-state index < -0.39 is 0 Å². The first kappa shape index (κ1) is 19.4. The van der Waals surface area contributed by atoms with Crippen molar-refractivity contribution in [3.63, 3.8) is 0 Å². The Morgan fingerprint density at radius 1 is 1.04 bits per heavy atom. The van der Waals surface area contributed by atoms with E-state index in [1.807, 2.05) is 6.92 Å². The summed E-state index contributed by atoms with van der Waals surface area (Å²) in [5.41, 5.74) is 1.38. The summed E-state index contributed by atoms with van der Waals surface area (Å²) in [7, 11) is 0. The van der Waals surface area contributed by atoms with Crippen molar-refractivity contribution >= 4 is 21.9 Å². The molecular formula is C19H29BrN2O2. The summed E-state index contributed by atoms with van der Waals surface area (Å²) in [5, 5.41) is 0. The molecule has 1 aliphatic heterocycles. The maximum atomic E-state index is 11.3. The van der Waals surface area contributed by atoms with Crippen molar-refractivity contribution < 1.29 is 9.53 Å². The molecule has 0 bridgehead atoms. The second-order valence-corrected chi connectivity index (χ2v) is 7.28. The standard InChI is InChI=1S/C19H29BrN2O2/c1-2-24-19(23)6-4-3-5-11-21-12-14-22(15-13-21)16-17-7-9-18(20)10-8-17/h7-10H,2-6,11-16H2,1H3. The molecule has 0 saturated carbocycles. The number of hydrogen-bond donors (Lipinski definition) is 0. The molecule has 134 valence electrons. The number of carbonyl (C=O) groups excluding carboxylic acids is 1. The van der Waals surface area contributed by atoms with E-state index in [0.717, 1.165) is 56.6 Å². The molecule has 5 heteroatoms. The number of ether oxygens (including phenoxy) is 1. The van der Waals surface area contributed by atoms with Crippen LogP contribution in [0, 0.1) is 0 Å². The lowest BCUT2D eigenvalue weighted by atomic mass is 10.1. The number of hydrogen-bond acceptors (Lipinski definition) is 4. The van der Waals surface area contributed by atoms with Gasteiger partial charge in [0.1, 0.15) is 0 Å². The maximum Gasteiger partial charge on any atom is 0.305 e. The van der Waals surface area contributed by atoms with Crippen LogP contribution in [0.5, 0.6) is 0 Å². The van der Waals surface area contributed by atoms with Crippen LogP contribution < -0.4 is 0 Å². The van der Waals surface area contributed by atoms with E-state index >= 15 is 0 Å². The predicted octanol–water partition coefficient (Wildman–Crippen LogP) is 3.69. The van der Waals surface area contributed by atoms with Crippen LogP contribution in [0.15, 0.2) is 28.7 Å². The Morgan fingerprint density at radius 3 is 2.38 bits per heavy atom. The summed E-state index contributed by atoms with van der Waals surface area (Å²) in [4.78, 5) is 16.3. The fourth-order valence-electron chi connectivity index (χ4n) is 3.03. The van der Waals surface area contributed by atoms with Crippen molar-refractivity contribution in [2.75, 3.05) is 39.3 Å². The highest BCUT2D eigenvalue weighted by atomic mass is 79.9. The smallest absolute Gasteiger partial charge is 0.305 e. The second kappa shape index (κ2) is 10.9. The lowest BCUT2D eigenvalue weighted by Crippen LogP contribution is -2.46. The Bertz CT molecular complexity index is 485. The Morgan fingerprint density at radius 2 is 1.71 bits per heavy atom. The van der Waals surface area contributed by atoms with Crippen LogP contribution in [0.25, 0.3) is 0 Å². The highest BCUT2D eigenvalue weighted by Crippen LogP contribution is 2.14. The van der Waals surface area contributed by atoms with Crippen LogP contribution in [-0.2, 0) is 16.1 Å². The number of halogens is 1. The molecule has 1 saturated heterocycles. The molecule has 0 radical (unpaired) electrons. The first-order valence-electron chi connectivity index (χ1n) is 9.02. The minimum atomic E-state index is -0.0564. The highest BCUT2D eigenvalue weighted by Gasteiger charge is 2.16. The SMILES string of the molecule is CCOC(=O)CCCCCN1CCN(Cc2ccc(Br)cc2)CC1. The van der Waals surface area contributed by atoms with E-state index in [-0.39, 0.29) is 5.97 Å². The fourth-order valence-corrected chi connectivity index (χ4v) is 3.30. The minimum Gasteiger partial charge on any atom is -0.466 e. The van der Waals surface area contributed by atoms with E-state index in [0.29, 0.717) is 13.0 Å². The molecular weight excluding hydrogens is 368 g/mol. The molecule has 0 atom stereocenters. The zero-order valence-corrected chi connectivity index (χ0v) is 16.3. The Hall–Kier alpha value is -0.910. The number of rotatable bonds is 9. The third-order valence-electron chi connectivity index (χ3n) is 4.44. The third-order valence-corrected chi connectivity index (χ3v) is 4.97. The Kier molecular flexibility index (Phi) is 8.78. The normalized spacial score (nSPS) is 16.2. The van der Waals surface area contributed by atoms with E-state index in [2.05, 4.69) is 50.0 Å². The van der Waals surface area contributed by atoms with Gasteiger partial charge in [0.25, 0.3) is 0 Å². The molecule has 0 amide bonds. The van der Waals surface area contributed by atoms with E-state index in [1.54, 1.807) is 0 Å². The largest absolute Gasteiger partial charge is 0.466 e. The number of benzene rings is 1. The molecule has 4 nitrogen and oxygen atoms in total. The topological polar surface area (TPSA) is 32.8 Å². The molecule has 0 N–H and O–H groups in total. The first-order valence-corrected chi connectivity index (χ1v) is 9.81. The molecule has 1 heterocycles. The van der Waals surface area contributed by atoms with Crippen molar-refractivity contribution in [1.29, 1.82) is 0 Å². The number of unbranched alkanes of at least 4 members (excludes halogenated alkanes) is 2. The zero-order chi connectivity index (χ0) is 17.2. The Balaban J connectivity index is 1.54. The average Bonchev–Trinajstić information content (AvgIpc) is 2.58. The van der Waals surface area contributed by atoms with Crippen molar-refractivity contribution in [3.8, 4) is 0 Å². The summed E-state index contributed by atoms with van der Waals surface area (Å²) < 4.78 is 6.09. The Labute approximate surface area is 154 Å². The van der Waals surface area contributed by atoms with Gasteiger partial charge in [-0.1, -0.05) is 34.5 Å². The lowest BCUT2D eigenvalue weighted by molar-refractivity contribution is -0.143. The molecule has 1 fully saturated rings. The van der Waals surface area contributed by atoms with Crippen molar-refractivity contribution in [2.24, 2.45) is 0 Å². The number of esters is 1. The van der Waals surface area contributed by atoms with Gasteiger partial charge in [0.2, 0.25) is 0 Å². The maximum absolute atomic E-state index is 11.3. The van der Waals surface area contributed by atoms with E-state index in [4.69, 9.17) is 4.74 Å². The second-order valence-electron chi connectivity index (χ2n) is 6.36. The fraction of sp³-hybridized carbons (Fsp3) is 0.632. The van der Waals surface area contributed by atoms with Crippen LogP contribution in [0.2, 0.25) is 0 Å². The molecule has 0 aliphatic carbocycles. The molecule has 1 aromatic rings. The van der Waals surface area contributed by atoms with E-state index in [9.17, 15) is 4.79 Å². The van der Waals surface area contributed by atoms with Crippen LogP contribution in [0.4, 0.5) is 0 Å². The van der Waals surface area contributed by atoms with E-state index in [1.165, 1.54) is 12.0 Å². The van der Waals surface area contributed by atoms with Gasteiger partial charge < -0.3 is 9.64 Å². The molecule has 0 spiro atoms. The number of carbonyl (C=O) groups is 1.